The lowest BCUT2D eigenvalue weighted by Gasteiger charge is -2.24. The van der Waals surface area contributed by atoms with Crippen molar-refractivity contribution in [2.45, 2.75) is 4.90 Å². The van der Waals surface area contributed by atoms with Gasteiger partial charge in [0.15, 0.2) is 0 Å². The lowest BCUT2D eigenvalue weighted by Crippen LogP contribution is -2.27. The van der Waals surface area contributed by atoms with Crippen molar-refractivity contribution in [3.05, 3.63) is 57.8 Å². The summed E-state index contributed by atoms with van der Waals surface area (Å²) in [6, 6.07) is 7.20. The number of thiazole rings is 1. The molecule has 0 saturated carbocycles. The first kappa shape index (κ1) is 24.8. The fraction of sp³-hybridized carbons (Fsp3) is 0.211. The SMILES string of the molecule is CNCCN(C)c1cc(Cl)ccc1Nc1cc(F)c(S(=O)(=O)N(Cl)c2nccs2)cc1Cl. The molecule has 3 aromatic rings. The van der Waals surface area contributed by atoms with Crippen molar-refractivity contribution in [1.29, 1.82) is 0 Å². The third kappa shape index (κ3) is 5.38. The molecule has 172 valence electrons. The van der Waals surface area contributed by atoms with Gasteiger partial charge < -0.3 is 15.5 Å². The molecule has 0 aliphatic carbocycles. The molecule has 7 nitrogen and oxygen atoms in total. The molecule has 2 N–H and O–H groups in total. The van der Waals surface area contributed by atoms with Gasteiger partial charge in [0, 0.05) is 54.6 Å². The van der Waals surface area contributed by atoms with Crippen molar-refractivity contribution in [2.24, 2.45) is 0 Å². The van der Waals surface area contributed by atoms with Crippen molar-refractivity contribution in [3.63, 3.8) is 0 Å². The molecule has 0 spiro atoms. The van der Waals surface area contributed by atoms with Crippen molar-refractivity contribution < 1.29 is 12.8 Å². The van der Waals surface area contributed by atoms with Gasteiger partial charge in [-0.15, -0.1) is 15.2 Å². The van der Waals surface area contributed by atoms with E-state index in [1.54, 1.807) is 23.6 Å². The molecule has 1 aromatic heterocycles. The number of hydrogen-bond acceptors (Lipinski definition) is 7. The topological polar surface area (TPSA) is 77.6 Å². The van der Waals surface area contributed by atoms with Gasteiger partial charge in [-0.25, -0.2) is 9.37 Å². The number of hydrogen-bond donors (Lipinski definition) is 2. The summed E-state index contributed by atoms with van der Waals surface area (Å²) in [6.45, 7) is 1.42. The van der Waals surface area contributed by atoms with E-state index in [9.17, 15) is 12.8 Å². The first-order valence-electron chi connectivity index (χ1n) is 9.17. The Balaban J connectivity index is 1.95. The number of nitrogens with zero attached hydrogens (tertiary/aromatic N) is 3. The predicted molar refractivity (Wildman–Crippen MR) is 131 cm³/mol. The first-order chi connectivity index (χ1) is 15.1. The summed E-state index contributed by atoms with van der Waals surface area (Å²) in [6.07, 6.45) is 1.39. The minimum atomic E-state index is -4.42. The van der Waals surface area contributed by atoms with Crippen LogP contribution in [-0.2, 0) is 10.0 Å². The summed E-state index contributed by atoms with van der Waals surface area (Å²) in [4.78, 5) is 5.13. The highest BCUT2D eigenvalue weighted by Gasteiger charge is 2.30. The van der Waals surface area contributed by atoms with E-state index in [2.05, 4.69) is 15.6 Å². The predicted octanol–water partition coefficient (Wildman–Crippen LogP) is 5.34. The third-order valence-electron chi connectivity index (χ3n) is 4.42. The van der Waals surface area contributed by atoms with Crippen LogP contribution in [0.3, 0.4) is 0 Å². The van der Waals surface area contributed by atoms with E-state index in [-0.39, 0.29) is 15.8 Å². The number of likely N-dealkylation sites (N-methyl/N-ethyl adjacent to an activating group) is 2. The molecule has 13 heteroatoms. The number of halogens is 4. The Morgan fingerprint density at radius 2 is 1.94 bits per heavy atom. The summed E-state index contributed by atoms with van der Waals surface area (Å²) >= 11 is 19.4. The van der Waals surface area contributed by atoms with Gasteiger partial charge in [-0.1, -0.05) is 23.2 Å². The molecule has 0 bridgehead atoms. The van der Waals surface area contributed by atoms with E-state index in [4.69, 9.17) is 35.0 Å². The van der Waals surface area contributed by atoms with Gasteiger partial charge in [-0.2, -0.15) is 8.42 Å². The van der Waals surface area contributed by atoms with Crippen molar-refractivity contribution in [3.8, 4) is 0 Å². The minimum absolute atomic E-state index is 0.00652. The standard InChI is InChI=1S/C19H19Cl3FN5O2S2/c1-24-5-7-27(2)17-9-12(20)3-4-15(17)26-16-11-14(23)18(10-13(16)21)32(29,30)28(22)19-25-6-8-31-19/h3-4,6,8-11,24,26H,5,7H2,1-2H3. The van der Waals surface area contributed by atoms with Crippen LogP contribution in [0.1, 0.15) is 0 Å². The number of anilines is 4. The second-order valence-electron chi connectivity index (χ2n) is 6.61. The Kier molecular flexibility index (Phi) is 8.07. The van der Waals surface area contributed by atoms with Gasteiger partial charge >= 0.3 is 0 Å². The maximum atomic E-state index is 14.9. The monoisotopic (exact) mass is 537 g/mol. The van der Waals surface area contributed by atoms with Gasteiger partial charge in [0.2, 0.25) is 5.13 Å². The molecule has 1 heterocycles. The Hall–Kier alpha value is -1.82. The smallest absolute Gasteiger partial charge is 0.283 e. The zero-order valence-corrected chi connectivity index (χ0v) is 20.8. The summed E-state index contributed by atoms with van der Waals surface area (Å²) < 4.78 is 40.8. The fourth-order valence-corrected chi connectivity index (χ4v) is 5.48. The van der Waals surface area contributed by atoms with E-state index in [1.807, 2.05) is 19.0 Å². The van der Waals surface area contributed by atoms with E-state index in [0.29, 0.717) is 21.1 Å². The average Bonchev–Trinajstić information content (AvgIpc) is 3.29. The van der Waals surface area contributed by atoms with E-state index >= 15 is 0 Å². The Morgan fingerprint density at radius 1 is 1.19 bits per heavy atom. The van der Waals surface area contributed by atoms with Crippen LogP contribution in [0.25, 0.3) is 0 Å². The van der Waals surface area contributed by atoms with Crippen LogP contribution in [0, 0.1) is 5.82 Å². The molecule has 3 rings (SSSR count). The largest absolute Gasteiger partial charge is 0.372 e. The second kappa shape index (κ2) is 10.4. The lowest BCUT2D eigenvalue weighted by molar-refractivity contribution is 0.568. The Labute approximate surface area is 204 Å². The Bertz CT molecular complexity index is 1200. The number of aromatic nitrogens is 1. The molecule has 0 fully saturated rings. The minimum Gasteiger partial charge on any atom is -0.372 e. The number of rotatable bonds is 9. The third-order valence-corrected chi connectivity index (χ3v) is 8.11. The van der Waals surface area contributed by atoms with Crippen LogP contribution in [0.15, 0.2) is 46.8 Å². The van der Waals surface area contributed by atoms with E-state index < -0.39 is 20.7 Å². The maximum absolute atomic E-state index is 14.9. The lowest BCUT2D eigenvalue weighted by atomic mass is 10.2. The Morgan fingerprint density at radius 3 is 2.59 bits per heavy atom. The number of sulfonamides is 1. The maximum Gasteiger partial charge on any atom is 0.283 e. The highest BCUT2D eigenvalue weighted by atomic mass is 35.5. The van der Waals surface area contributed by atoms with Crippen LogP contribution < -0.4 is 19.4 Å². The van der Waals surface area contributed by atoms with Crippen LogP contribution >= 0.6 is 46.3 Å². The summed E-state index contributed by atoms with van der Waals surface area (Å²) in [5.41, 5.74) is 1.56. The molecule has 32 heavy (non-hydrogen) atoms. The molecule has 0 amide bonds. The summed E-state index contributed by atoms with van der Waals surface area (Å²) in [5, 5.41) is 8.19. The van der Waals surface area contributed by atoms with E-state index in [0.717, 1.165) is 35.7 Å². The van der Waals surface area contributed by atoms with Gasteiger partial charge in [-0.05, 0) is 31.3 Å². The van der Waals surface area contributed by atoms with Gasteiger partial charge in [0.05, 0.1) is 22.1 Å². The fourth-order valence-electron chi connectivity index (χ4n) is 2.79. The summed E-state index contributed by atoms with van der Waals surface area (Å²) in [7, 11) is -0.680. The molecule has 0 radical (unpaired) electrons. The normalized spacial score (nSPS) is 11.4. The molecule has 2 aromatic carbocycles. The average molecular weight is 539 g/mol. The van der Waals surface area contributed by atoms with Crippen LogP contribution in [-0.4, -0.2) is 40.6 Å². The highest BCUT2D eigenvalue weighted by molar-refractivity contribution is 7.94. The summed E-state index contributed by atoms with van der Waals surface area (Å²) in [5.74, 6) is -1.02. The van der Waals surface area contributed by atoms with E-state index in [1.165, 1.54) is 6.20 Å². The van der Waals surface area contributed by atoms with Gasteiger partial charge in [-0.3, -0.25) is 0 Å². The molecule has 0 aliphatic heterocycles. The second-order valence-corrected chi connectivity index (χ2v) is 10.6. The molecule has 0 atom stereocenters. The molecule has 0 unspecified atom stereocenters. The van der Waals surface area contributed by atoms with Crippen LogP contribution in [0.4, 0.5) is 26.6 Å². The van der Waals surface area contributed by atoms with Gasteiger partial charge in [0.1, 0.15) is 10.7 Å². The number of nitrogens with one attached hydrogen (secondary N) is 2. The highest BCUT2D eigenvalue weighted by Crippen LogP contribution is 2.37. The molecule has 0 aliphatic rings. The zero-order chi connectivity index (χ0) is 23.5. The van der Waals surface area contributed by atoms with Crippen LogP contribution in [0.2, 0.25) is 10.0 Å². The zero-order valence-electron chi connectivity index (χ0n) is 16.9. The van der Waals surface area contributed by atoms with Crippen molar-refractivity contribution in [2.75, 3.05) is 41.2 Å². The molecule has 0 saturated heterocycles. The van der Waals surface area contributed by atoms with Crippen LogP contribution in [0.5, 0.6) is 0 Å². The van der Waals surface area contributed by atoms with Crippen molar-refractivity contribution in [1.82, 2.24) is 10.3 Å². The molecular formula is C19H19Cl3FN5O2S2. The number of benzene rings is 2. The first-order valence-corrected chi connectivity index (χ1v) is 12.6. The quantitative estimate of drug-likeness (QED) is 0.358. The molecular weight excluding hydrogens is 520 g/mol. The van der Waals surface area contributed by atoms with Gasteiger partial charge in [0.25, 0.3) is 10.0 Å². The van der Waals surface area contributed by atoms with Crippen molar-refractivity contribution >= 4 is 78.5 Å².